The standard InChI is InChI=1S/C10H4Cl2O5S.Ba.2H/c11-7-8(12)10(14)6-3-4(18(15,16)17)1-2-5(6)9(7)13;;;/h1-3H,(H,15,16,17);;;/q;+2;2*-1. The molecule has 19 heavy (non-hydrogen) atoms. The molecule has 1 aromatic carbocycles. The topological polar surface area (TPSA) is 88.5 Å². The van der Waals surface area contributed by atoms with Gasteiger partial charge in [-0.1, -0.05) is 23.2 Å². The van der Waals surface area contributed by atoms with Gasteiger partial charge in [-0.3, -0.25) is 14.1 Å². The fraction of sp³-hybridized carbons (Fsp3) is 0. The van der Waals surface area contributed by atoms with Crippen molar-refractivity contribution in [1.82, 2.24) is 0 Å². The Morgan fingerprint density at radius 3 is 1.95 bits per heavy atom. The van der Waals surface area contributed by atoms with Crippen LogP contribution < -0.4 is 0 Å². The van der Waals surface area contributed by atoms with E-state index >= 15 is 0 Å². The Kier molecular flexibility index (Phi) is 5.50. The molecule has 0 saturated carbocycles. The second-order valence-electron chi connectivity index (χ2n) is 3.47. The summed E-state index contributed by atoms with van der Waals surface area (Å²) >= 11 is 11.2. The first-order valence-corrected chi connectivity index (χ1v) is 6.69. The van der Waals surface area contributed by atoms with Crippen LogP contribution in [0.3, 0.4) is 0 Å². The zero-order valence-electron chi connectivity index (χ0n) is 11.2. The van der Waals surface area contributed by atoms with Gasteiger partial charge in [-0.15, -0.1) is 0 Å². The number of fused-ring (bicyclic) bond motifs is 1. The van der Waals surface area contributed by atoms with E-state index < -0.39 is 36.6 Å². The van der Waals surface area contributed by atoms with E-state index in [-0.39, 0.29) is 62.9 Å². The molecule has 2 rings (SSSR count). The minimum atomic E-state index is -4.46. The van der Waals surface area contributed by atoms with E-state index in [1.54, 1.807) is 0 Å². The second-order valence-corrected chi connectivity index (χ2v) is 5.65. The van der Waals surface area contributed by atoms with Gasteiger partial charge in [0.15, 0.2) is 0 Å². The Labute approximate surface area is 161 Å². The predicted molar refractivity (Wildman–Crippen MR) is 71.6 cm³/mol. The van der Waals surface area contributed by atoms with Crippen LogP contribution in [0, 0.1) is 0 Å². The zero-order valence-corrected chi connectivity index (χ0v) is 16.0. The van der Waals surface area contributed by atoms with Crippen molar-refractivity contribution in [2.24, 2.45) is 0 Å². The summed E-state index contributed by atoms with van der Waals surface area (Å²) in [7, 11) is -4.46. The molecule has 98 valence electrons. The third-order valence-electron chi connectivity index (χ3n) is 2.37. The van der Waals surface area contributed by atoms with Crippen LogP contribution in [0.1, 0.15) is 23.6 Å². The molecule has 0 fully saturated rings. The Bertz CT molecular complexity index is 733. The fourth-order valence-electron chi connectivity index (χ4n) is 1.51. The van der Waals surface area contributed by atoms with Crippen molar-refractivity contribution in [2.75, 3.05) is 0 Å². The summed E-state index contributed by atoms with van der Waals surface area (Å²) < 4.78 is 30.7. The van der Waals surface area contributed by atoms with Crippen molar-refractivity contribution in [3.63, 3.8) is 0 Å². The maximum atomic E-state index is 11.7. The summed E-state index contributed by atoms with van der Waals surface area (Å²) in [5.74, 6) is -1.43. The summed E-state index contributed by atoms with van der Waals surface area (Å²) in [6.45, 7) is 0. The van der Waals surface area contributed by atoms with Gasteiger partial charge in [0.1, 0.15) is 10.1 Å². The molecule has 0 aliphatic heterocycles. The molecule has 1 aliphatic carbocycles. The number of hydrogen-bond donors (Lipinski definition) is 1. The monoisotopic (exact) mass is 446 g/mol. The van der Waals surface area contributed by atoms with E-state index in [0.717, 1.165) is 18.2 Å². The molecule has 0 bridgehead atoms. The number of hydrogen-bond acceptors (Lipinski definition) is 4. The molecule has 1 N–H and O–H groups in total. The summed E-state index contributed by atoms with van der Waals surface area (Å²) in [6, 6.07) is 2.99. The SMILES string of the molecule is O=C1C(Cl)=C(Cl)C(=O)c2cc(S(=O)(=O)O)ccc21.[Ba+2].[H-].[H-]. The number of allylic oxidation sites excluding steroid dienone is 2. The van der Waals surface area contributed by atoms with Crippen molar-refractivity contribution in [3.05, 3.63) is 39.4 Å². The van der Waals surface area contributed by atoms with Crippen LogP contribution in [0.5, 0.6) is 0 Å². The molecule has 0 heterocycles. The van der Waals surface area contributed by atoms with E-state index in [9.17, 15) is 18.0 Å². The van der Waals surface area contributed by atoms with Gasteiger partial charge in [0, 0.05) is 11.1 Å². The van der Waals surface area contributed by atoms with Gasteiger partial charge in [0.2, 0.25) is 11.6 Å². The van der Waals surface area contributed by atoms with Gasteiger partial charge in [-0.25, -0.2) is 0 Å². The molecule has 0 saturated heterocycles. The van der Waals surface area contributed by atoms with Crippen LogP contribution in [-0.4, -0.2) is 73.4 Å². The Hall–Kier alpha value is 0.361. The summed E-state index contributed by atoms with van der Waals surface area (Å²) in [5.41, 5.74) is -0.258. The molecule has 1 aliphatic rings. The smallest absolute Gasteiger partial charge is 1.00 e. The minimum absolute atomic E-state index is 0. The van der Waals surface area contributed by atoms with Crippen LogP contribution in [0.15, 0.2) is 33.2 Å². The maximum absolute atomic E-state index is 11.7. The van der Waals surface area contributed by atoms with E-state index in [1.165, 1.54) is 0 Å². The van der Waals surface area contributed by atoms with Gasteiger partial charge < -0.3 is 2.85 Å². The van der Waals surface area contributed by atoms with Crippen LogP contribution in [-0.2, 0) is 10.1 Å². The summed E-state index contributed by atoms with van der Waals surface area (Å²) in [4.78, 5) is 22.9. The predicted octanol–water partition coefficient (Wildman–Crippen LogP) is 1.85. The van der Waals surface area contributed by atoms with Gasteiger partial charge in [0.25, 0.3) is 10.1 Å². The number of benzene rings is 1. The molecule has 0 radical (unpaired) electrons. The number of carbonyl (C=O) groups is 2. The molecule has 0 amide bonds. The average molecular weight is 446 g/mol. The molecule has 0 spiro atoms. The number of ketones is 2. The van der Waals surface area contributed by atoms with Crippen molar-refractivity contribution in [3.8, 4) is 0 Å². The van der Waals surface area contributed by atoms with Crippen molar-refractivity contribution < 1.29 is 25.4 Å². The summed E-state index contributed by atoms with van der Waals surface area (Å²) in [5, 5.41) is -0.879. The first-order valence-electron chi connectivity index (χ1n) is 4.49. The number of rotatable bonds is 1. The Morgan fingerprint density at radius 1 is 1.00 bits per heavy atom. The first-order chi connectivity index (χ1) is 8.23. The number of Topliss-reactive ketones (excluding diaryl/α,β-unsaturated/α-hetero) is 2. The Balaban J connectivity index is 0. The quantitative estimate of drug-likeness (QED) is 0.526. The third-order valence-corrected chi connectivity index (χ3v) is 4.04. The molecular formula is C10H6BaCl2O5S. The van der Waals surface area contributed by atoms with E-state index in [4.69, 9.17) is 27.8 Å². The average Bonchev–Trinajstić information content (AvgIpc) is 2.32. The van der Waals surface area contributed by atoms with Crippen LogP contribution >= 0.6 is 23.2 Å². The number of carbonyl (C=O) groups excluding carboxylic acids is 2. The first kappa shape index (κ1) is 17.4. The van der Waals surface area contributed by atoms with E-state index in [0.29, 0.717) is 0 Å². The van der Waals surface area contributed by atoms with E-state index in [2.05, 4.69) is 0 Å². The van der Waals surface area contributed by atoms with Gasteiger partial charge in [-0.2, -0.15) is 8.42 Å². The maximum Gasteiger partial charge on any atom is 2.00 e. The third kappa shape index (κ3) is 3.17. The van der Waals surface area contributed by atoms with Crippen molar-refractivity contribution >= 4 is 93.8 Å². The van der Waals surface area contributed by atoms with Crippen LogP contribution in [0.25, 0.3) is 0 Å². The fourth-order valence-corrected chi connectivity index (χ4v) is 2.39. The number of halogens is 2. The second kappa shape index (κ2) is 6.00. The molecular weight excluding hydrogens is 440 g/mol. The van der Waals surface area contributed by atoms with Gasteiger partial charge in [-0.05, 0) is 18.2 Å². The molecule has 5 nitrogen and oxygen atoms in total. The molecule has 0 aromatic heterocycles. The minimum Gasteiger partial charge on any atom is -1.00 e. The largest absolute Gasteiger partial charge is 2.00 e. The molecule has 0 unspecified atom stereocenters. The zero-order chi connectivity index (χ0) is 13.7. The van der Waals surface area contributed by atoms with Crippen molar-refractivity contribution in [2.45, 2.75) is 4.90 Å². The molecule has 1 aromatic rings. The van der Waals surface area contributed by atoms with Crippen molar-refractivity contribution in [1.29, 1.82) is 0 Å². The van der Waals surface area contributed by atoms with Gasteiger partial charge >= 0.3 is 48.9 Å². The normalized spacial score (nSPS) is 15.1. The van der Waals surface area contributed by atoms with Crippen LogP contribution in [0.2, 0.25) is 0 Å². The van der Waals surface area contributed by atoms with Gasteiger partial charge in [0.05, 0.1) is 4.90 Å². The van der Waals surface area contributed by atoms with Crippen LogP contribution in [0.4, 0.5) is 0 Å². The Morgan fingerprint density at radius 2 is 1.47 bits per heavy atom. The molecule has 0 atom stereocenters. The summed E-state index contributed by atoms with van der Waals surface area (Å²) in [6.07, 6.45) is 0. The molecule has 9 heteroatoms. The van der Waals surface area contributed by atoms with E-state index in [1.807, 2.05) is 0 Å².